The van der Waals surface area contributed by atoms with Crippen molar-refractivity contribution in [3.63, 3.8) is 0 Å². The number of benzene rings is 2. The van der Waals surface area contributed by atoms with Gasteiger partial charge < -0.3 is 24.1 Å². The smallest absolute Gasteiger partial charge is 0.241 e. The van der Waals surface area contributed by atoms with E-state index in [1.807, 2.05) is 42.5 Å². The van der Waals surface area contributed by atoms with E-state index in [4.69, 9.17) is 18.7 Å². The van der Waals surface area contributed by atoms with E-state index in [-0.39, 0.29) is 11.8 Å². The van der Waals surface area contributed by atoms with Crippen molar-refractivity contribution in [3.05, 3.63) is 53.9 Å². The van der Waals surface area contributed by atoms with Gasteiger partial charge in [0.05, 0.1) is 27.9 Å². The van der Waals surface area contributed by atoms with E-state index in [2.05, 4.69) is 20.4 Å². The number of aromatic nitrogens is 2. The van der Waals surface area contributed by atoms with Gasteiger partial charge in [-0.2, -0.15) is 4.98 Å². The molecule has 1 N–H and O–H groups in total. The molecule has 3 aromatic rings. The summed E-state index contributed by atoms with van der Waals surface area (Å²) in [5.41, 5.74) is 2.04. The highest BCUT2D eigenvalue weighted by Gasteiger charge is 2.25. The number of methoxy groups -OCH3 is 3. The molecule has 0 radical (unpaired) electrons. The first kappa shape index (κ1) is 25.5. The first-order valence-electron chi connectivity index (χ1n) is 12.3. The first-order valence-corrected chi connectivity index (χ1v) is 12.3. The highest BCUT2D eigenvalue weighted by Crippen LogP contribution is 2.28. The number of aryl methyl sites for hydroxylation is 1. The van der Waals surface area contributed by atoms with Crippen LogP contribution in [0.3, 0.4) is 0 Å². The molecule has 1 amide bonds. The lowest BCUT2D eigenvalue weighted by atomic mass is 9.96. The van der Waals surface area contributed by atoms with Crippen LogP contribution in [0.5, 0.6) is 17.2 Å². The molecule has 1 aliphatic rings. The molecule has 9 heteroatoms. The van der Waals surface area contributed by atoms with Gasteiger partial charge in [-0.15, -0.1) is 0 Å². The van der Waals surface area contributed by atoms with Gasteiger partial charge in [-0.25, -0.2) is 0 Å². The fourth-order valence-electron chi connectivity index (χ4n) is 4.41. The van der Waals surface area contributed by atoms with E-state index in [9.17, 15) is 4.79 Å². The molecule has 1 fully saturated rings. The number of piperidine rings is 1. The molecule has 2 aromatic carbocycles. The number of carbonyl (C=O) groups excluding carboxylic acids is 1. The summed E-state index contributed by atoms with van der Waals surface area (Å²) in [6, 6.07) is 13.5. The minimum atomic E-state index is 0.0416. The lowest BCUT2D eigenvalue weighted by Gasteiger charge is -2.30. The van der Waals surface area contributed by atoms with Gasteiger partial charge in [0.15, 0.2) is 11.5 Å². The van der Waals surface area contributed by atoms with Crippen molar-refractivity contribution < 1.29 is 23.5 Å². The van der Waals surface area contributed by atoms with Crippen LogP contribution in [-0.2, 0) is 17.8 Å². The van der Waals surface area contributed by atoms with E-state index < -0.39 is 0 Å². The molecule has 0 spiro atoms. The van der Waals surface area contributed by atoms with Gasteiger partial charge in [-0.05, 0) is 80.7 Å². The average Bonchev–Trinajstić information content (AvgIpc) is 3.39. The van der Waals surface area contributed by atoms with E-state index in [0.29, 0.717) is 24.8 Å². The highest BCUT2D eigenvalue weighted by molar-refractivity contribution is 5.78. The molecule has 0 saturated carbocycles. The molecule has 1 saturated heterocycles. The Labute approximate surface area is 211 Å². The summed E-state index contributed by atoms with van der Waals surface area (Å²) in [4.78, 5) is 19.4. The second kappa shape index (κ2) is 12.4. The summed E-state index contributed by atoms with van der Waals surface area (Å²) >= 11 is 0. The van der Waals surface area contributed by atoms with Crippen LogP contribution in [-0.4, -0.2) is 61.9 Å². The van der Waals surface area contributed by atoms with Gasteiger partial charge in [0.1, 0.15) is 5.75 Å². The lowest BCUT2D eigenvalue weighted by molar-refractivity contribution is -0.126. The van der Waals surface area contributed by atoms with Crippen molar-refractivity contribution in [2.45, 2.75) is 32.2 Å². The zero-order valence-electron chi connectivity index (χ0n) is 21.2. The predicted octanol–water partition coefficient (Wildman–Crippen LogP) is 3.72. The van der Waals surface area contributed by atoms with Crippen molar-refractivity contribution in [2.24, 2.45) is 5.92 Å². The Hall–Kier alpha value is -3.59. The van der Waals surface area contributed by atoms with Gasteiger partial charge in [0.25, 0.3) is 0 Å². The molecule has 36 heavy (non-hydrogen) atoms. The number of amides is 1. The molecule has 9 nitrogen and oxygen atoms in total. The molecule has 4 rings (SSSR count). The number of rotatable bonds is 11. The summed E-state index contributed by atoms with van der Waals surface area (Å²) < 4.78 is 21.3. The summed E-state index contributed by atoms with van der Waals surface area (Å²) in [5.74, 6) is 3.56. The summed E-state index contributed by atoms with van der Waals surface area (Å²) in [6.07, 6.45) is 3.37. The largest absolute Gasteiger partial charge is 0.497 e. The van der Waals surface area contributed by atoms with Crippen LogP contribution in [0.1, 0.15) is 30.7 Å². The molecule has 1 aliphatic heterocycles. The standard InChI is InChI=1S/C27H34N4O5/c1-33-22-9-7-20(8-10-22)26-29-25(36-30-26)18-31-15-12-21(13-16-31)27(32)28-14-4-5-19-6-11-23(34-2)24(17-19)35-3/h6-11,17,21H,4-5,12-16,18H2,1-3H3,(H,28,32). The maximum atomic E-state index is 12.6. The highest BCUT2D eigenvalue weighted by atomic mass is 16.5. The van der Waals surface area contributed by atoms with Gasteiger partial charge >= 0.3 is 0 Å². The minimum Gasteiger partial charge on any atom is -0.497 e. The van der Waals surface area contributed by atoms with Crippen LogP contribution in [0, 0.1) is 5.92 Å². The Morgan fingerprint density at radius 3 is 2.47 bits per heavy atom. The number of nitrogens with one attached hydrogen (secondary N) is 1. The fourth-order valence-corrected chi connectivity index (χ4v) is 4.41. The number of nitrogens with zero attached hydrogens (tertiary/aromatic N) is 3. The summed E-state index contributed by atoms with van der Waals surface area (Å²) in [6.45, 7) is 2.89. The van der Waals surface area contributed by atoms with Crippen LogP contribution in [0.2, 0.25) is 0 Å². The Morgan fingerprint density at radius 2 is 1.78 bits per heavy atom. The van der Waals surface area contributed by atoms with Crippen LogP contribution >= 0.6 is 0 Å². The number of hydrogen-bond donors (Lipinski definition) is 1. The summed E-state index contributed by atoms with van der Waals surface area (Å²) in [5, 5.41) is 7.21. The quantitative estimate of drug-likeness (QED) is 0.403. The Kier molecular flexibility index (Phi) is 8.78. The molecule has 0 aliphatic carbocycles. The summed E-state index contributed by atoms with van der Waals surface area (Å²) in [7, 11) is 4.90. The van der Waals surface area contributed by atoms with Crippen molar-refractivity contribution in [2.75, 3.05) is 41.0 Å². The topological polar surface area (TPSA) is 99.0 Å². The molecule has 0 bridgehead atoms. The van der Waals surface area contributed by atoms with Crippen LogP contribution in [0.15, 0.2) is 47.0 Å². The molecule has 1 aromatic heterocycles. The van der Waals surface area contributed by atoms with Gasteiger partial charge in [-0.1, -0.05) is 11.2 Å². The van der Waals surface area contributed by atoms with Crippen LogP contribution in [0.25, 0.3) is 11.4 Å². The fraction of sp³-hybridized carbons (Fsp3) is 0.444. The second-order valence-corrected chi connectivity index (χ2v) is 8.87. The molecule has 0 atom stereocenters. The van der Waals surface area contributed by atoms with Crippen molar-refractivity contribution >= 4 is 5.91 Å². The number of ether oxygens (including phenoxy) is 3. The van der Waals surface area contributed by atoms with Crippen LogP contribution < -0.4 is 19.5 Å². The van der Waals surface area contributed by atoms with Crippen molar-refractivity contribution in [3.8, 4) is 28.6 Å². The van der Waals surface area contributed by atoms with E-state index in [0.717, 1.165) is 67.1 Å². The van der Waals surface area contributed by atoms with Crippen LogP contribution in [0.4, 0.5) is 0 Å². The minimum absolute atomic E-state index is 0.0416. The molecular weight excluding hydrogens is 460 g/mol. The second-order valence-electron chi connectivity index (χ2n) is 8.87. The molecule has 2 heterocycles. The normalized spacial score (nSPS) is 14.4. The molecular formula is C27H34N4O5. The van der Waals surface area contributed by atoms with Gasteiger partial charge in [0.2, 0.25) is 17.6 Å². The van der Waals surface area contributed by atoms with E-state index >= 15 is 0 Å². The predicted molar refractivity (Wildman–Crippen MR) is 135 cm³/mol. The lowest BCUT2D eigenvalue weighted by Crippen LogP contribution is -2.40. The maximum Gasteiger partial charge on any atom is 0.241 e. The first-order chi connectivity index (χ1) is 17.6. The Balaban J connectivity index is 1.17. The van der Waals surface area contributed by atoms with Gasteiger partial charge in [0, 0.05) is 18.0 Å². The Morgan fingerprint density at radius 1 is 1.03 bits per heavy atom. The maximum absolute atomic E-state index is 12.6. The zero-order valence-corrected chi connectivity index (χ0v) is 21.2. The Bertz CT molecular complexity index is 1120. The monoisotopic (exact) mass is 494 g/mol. The van der Waals surface area contributed by atoms with E-state index in [1.165, 1.54) is 0 Å². The number of likely N-dealkylation sites (tertiary alicyclic amines) is 1. The van der Waals surface area contributed by atoms with Gasteiger partial charge in [-0.3, -0.25) is 9.69 Å². The molecule has 0 unspecified atom stereocenters. The third-order valence-corrected chi connectivity index (χ3v) is 6.52. The van der Waals surface area contributed by atoms with E-state index in [1.54, 1.807) is 21.3 Å². The SMILES string of the molecule is COc1ccc(-c2noc(CN3CCC(C(=O)NCCCc4ccc(OC)c(OC)c4)CC3)n2)cc1. The average molecular weight is 495 g/mol. The zero-order chi connectivity index (χ0) is 25.3. The number of carbonyl (C=O) groups is 1. The third kappa shape index (κ3) is 6.54. The van der Waals surface area contributed by atoms with Crippen molar-refractivity contribution in [1.82, 2.24) is 20.4 Å². The third-order valence-electron chi connectivity index (χ3n) is 6.52. The van der Waals surface area contributed by atoms with Crippen molar-refractivity contribution in [1.29, 1.82) is 0 Å². The molecule has 192 valence electrons. The number of hydrogen-bond acceptors (Lipinski definition) is 8.